The number of rotatable bonds is 6. The summed E-state index contributed by atoms with van der Waals surface area (Å²) < 4.78 is 2.10. The molecule has 0 unspecified atom stereocenters. The van der Waals surface area contributed by atoms with E-state index in [0.29, 0.717) is 12.3 Å². The molecular formula is C20H18N6. The number of para-hydroxylation sites is 2. The van der Waals surface area contributed by atoms with Gasteiger partial charge in [0.1, 0.15) is 0 Å². The molecule has 2 aromatic heterocycles. The van der Waals surface area contributed by atoms with Gasteiger partial charge in [0.05, 0.1) is 16.7 Å². The van der Waals surface area contributed by atoms with Gasteiger partial charge in [-0.15, -0.1) is 0 Å². The number of imidazole rings is 1. The number of hydrogen-bond donors (Lipinski definition) is 0. The fourth-order valence-electron chi connectivity index (χ4n) is 3.21. The molecule has 0 saturated heterocycles. The number of azide groups is 1. The van der Waals surface area contributed by atoms with Crippen LogP contribution < -0.4 is 0 Å². The molecule has 2 heterocycles. The van der Waals surface area contributed by atoms with Crippen molar-refractivity contribution in [3.8, 4) is 11.3 Å². The van der Waals surface area contributed by atoms with Crippen molar-refractivity contribution in [2.75, 3.05) is 6.54 Å². The lowest BCUT2D eigenvalue weighted by molar-refractivity contribution is 0.742. The maximum atomic E-state index is 8.29. The molecule has 26 heavy (non-hydrogen) atoms. The Bertz CT molecular complexity index is 1090. The van der Waals surface area contributed by atoms with Crippen LogP contribution in [0.4, 0.5) is 0 Å². The van der Waals surface area contributed by atoms with Crippen LogP contribution in [0.15, 0.2) is 65.9 Å². The van der Waals surface area contributed by atoms with Crippen molar-refractivity contribution in [3.63, 3.8) is 0 Å². The molecule has 0 radical (unpaired) electrons. The Balaban J connectivity index is 1.62. The van der Waals surface area contributed by atoms with Gasteiger partial charge in [-0.1, -0.05) is 41.5 Å². The largest absolute Gasteiger partial charge is 0.276 e. The number of hydrogen-bond acceptors (Lipinski definition) is 3. The quantitative estimate of drug-likeness (QED) is 0.209. The van der Waals surface area contributed by atoms with E-state index in [2.05, 4.69) is 54.7 Å². The summed E-state index contributed by atoms with van der Waals surface area (Å²) in [6.07, 6.45) is 4.73. The molecule has 0 bridgehead atoms. The van der Waals surface area contributed by atoms with Crippen LogP contribution in [-0.2, 0) is 6.42 Å². The second-order valence-corrected chi connectivity index (χ2v) is 6.17. The Labute approximate surface area is 150 Å². The van der Waals surface area contributed by atoms with E-state index in [1.165, 1.54) is 5.56 Å². The third-order valence-electron chi connectivity index (χ3n) is 4.49. The van der Waals surface area contributed by atoms with E-state index in [9.17, 15) is 0 Å². The Hall–Kier alpha value is -3.37. The van der Waals surface area contributed by atoms with E-state index < -0.39 is 0 Å². The van der Waals surface area contributed by atoms with Crippen LogP contribution in [0.2, 0.25) is 0 Å². The fraction of sp³-hybridized carbons (Fsp3) is 0.200. The number of aromatic nitrogens is 3. The SMILES string of the molecule is [N-]=[N+]=NCCCCc1ccc(-c2ccnc3nc4ccccc4n23)cc1. The van der Waals surface area contributed by atoms with Gasteiger partial charge >= 0.3 is 0 Å². The first-order chi connectivity index (χ1) is 12.9. The Morgan fingerprint density at radius 1 is 1.00 bits per heavy atom. The zero-order chi connectivity index (χ0) is 17.8. The molecule has 0 saturated carbocycles. The fourth-order valence-corrected chi connectivity index (χ4v) is 3.21. The minimum atomic E-state index is 0.567. The van der Waals surface area contributed by atoms with Gasteiger partial charge in [0.2, 0.25) is 5.78 Å². The maximum Gasteiger partial charge on any atom is 0.235 e. The van der Waals surface area contributed by atoms with Crippen molar-refractivity contribution >= 4 is 16.8 Å². The minimum Gasteiger partial charge on any atom is -0.276 e. The molecular weight excluding hydrogens is 324 g/mol. The van der Waals surface area contributed by atoms with Crippen LogP contribution in [0.1, 0.15) is 18.4 Å². The molecule has 0 aliphatic heterocycles. The van der Waals surface area contributed by atoms with Gasteiger partial charge in [-0.25, -0.2) is 9.97 Å². The highest BCUT2D eigenvalue weighted by atomic mass is 15.1. The monoisotopic (exact) mass is 342 g/mol. The summed E-state index contributed by atoms with van der Waals surface area (Å²) in [6.45, 7) is 0.567. The first-order valence-corrected chi connectivity index (χ1v) is 8.69. The number of fused-ring (bicyclic) bond motifs is 3. The van der Waals surface area contributed by atoms with Gasteiger partial charge in [-0.3, -0.25) is 4.40 Å². The number of unbranched alkanes of at least 4 members (excludes halogenated alkanes) is 1. The third-order valence-corrected chi connectivity index (χ3v) is 4.49. The molecule has 0 atom stereocenters. The molecule has 0 aliphatic rings. The maximum absolute atomic E-state index is 8.29. The topological polar surface area (TPSA) is 79.0 Å². The zero-order valence-corrected chi connectivity index (χ0v) is 14.3. The van der Waals surface area contributed by atoms with Gasteiger partial charge in [0, 0.05) is 17.7 Å². The Morgan fingerprint density at radius 2 is 1.85 bits per heavy atom. The molecule has 0 fully saturated rings. The van der Waals surface area contributed by atoms with E-state index in [1.807, 2.05) is 24.3 Å². The first kappa shape index (κ1) is 16.1. The normalized spacial score (nSPS) is 10.9. The lowest BCUT2D eigenvalue weighted by Gasteiger charge is -2.07. The number of nitrogens with zero attached hydrogens (tertiary/aromatic N) is 6. The second-order valence-electron chi connectivity index (χ2n) is 6.17. The number of aryl methyl sites for hydroxylation is 1. The summed E-state index contributed by atoms with van der Waals surface area (Å²) >= 11 is 0. The van der Waals surface area contributed by atoms with Gasteiger partial charge in [0.25, 0.3) is 0 Å². The smallest absolute Gasteiger partial charge is 0.235 e. The first-order valence-electron chi connectivity index (χ1n) is 8.69. The highest BCUT2D eigenvalue weighted by Gasteiger charge is 2.10. The zero-order valence-electron chi connectivity index (χ0n) is 14.3. The summed E-state index contributed by atoms with van der Waals surface area (Å²) in [7, 11) is 0. The molecule has 6 nitrogen and oxygen atoms in total. The van der Waals surface area contributed by atoms with Crippen LogP contribution in [0.3, 0.4) is 0 Å². The van der Waals surface area contributed by atoms with E-state index >= 15 is 0 Å². The highest BCUT2D eigenvalue weighted by molar-refractivity contribution is 5.82. The van der Waals surface area contributed by atoms with Gasteiger partial charge in [-0.05, 0) is 54.1 Å². The van der Waals surface area contributed by atoms with E-state index in [1.54, 1.807) is 6.20 Å². The molecule has 4 aromatic rings. The summed E-state index contributed by atoms with van der Waals surface area (Å²) in [5, 5.41) is 3.57. The molecule has 0 N–H and O–H groups in total. The predicted octanol–water partition coefficient (Wildman–Crippen LogP) is 5.18. The van der Waals surface area contributed by atoms with E-state index in [0.717, 1.165) is 41.6 Å². The van der Waals surface area contributed by atoms with Crippen LogP contribution in [0.5, 0.6) is 0 Å². The summed E-state index contributed by atoms with van der Waals surface area (Å²) in [5.74, 6) is 0.714. The van der Waals surface area contributed by atoms with Crippen LogP contribution in [-0.4, -0.2) is 20.9 Å². The van der Waals surface area contributed by atoms with Crippen LogP contribution >= 0.6 is 0 Å². The van der Waals surface area contributed by atoms with Gasteiger partial charge in [-0.2, -0.15) is 0 Å². The van der Waals surface area contributed by atoms with Crippen LogP contribution in [0.25, 0.3) is 38.5 Å². The molecule has 2 aromatic carbocycles. The van der Waals surface area contributed by atoms with Crippen molar-refractivity contribution in [3.05, 3.63) is 76.8 Å². The molecule has 4 rings (SSSR count). The average Bonchev–Trinajstić information content (AvgIpc) is 3.07. The van der Waals surface area contributed by atoms with E-state index in [-0.39, 0.29) is 0 Å². The van der Waals surface area contributed by atoms with Gasteiger partial charge in [0.15, 0.2) is 0 Å². The Morgan fingerprint density at radius 3 is 2.69 bits per heavy atom. The Kier molecular flexibility index (Phi) is 4.50. The molecule has 0 aliphatic carbocycles. The van der Waals surface area contributed by atoms with E-state index in [4.69, 9.17) is 5.53 Å². The summed E-state index contributed by atoms with van der Waals surface area (Å²) in [6, 6.07) is 18.7. The van der Waals surface area contributed by atoms with Crippen molar-refractivity contribution in [1.29, 1.82) is 0 Å². The molecule has 0 spiro atoms. The molecule has 6 heteroatoms. The average molecular weight is 342 g/mol. The second kappa shape index (κ2) is 7.25. The van der Waals surface area contributed by atoms with Crippen molar-refractivity contribution in [2.45, 2.75) is 19.3 Å². The summed E-state index contributed by atoms with van der Waals surface area (Å²) in [4.78, 5) is 11.8. The van der Waals surface area contributed by atoms with Crippen molar-refractivity contribution in [1.82, 2.24) is 14.4 Å². The molecule has 0 amide bonds. The lowest BCUT2D eigenvalue weighted by atomic mass is 10.0. The van der Waals surface area contributed by atoms with Crippen molar-refractivity contribution < 1.29 is 0 Å². The molecule has 128 valence electrons. The lowest BCUT2D eigenvalue weighted by Crippen LogP contribution is -1.94. The predicted molar refractivity (Wildman–Crippen MR) is 103 cm³/mol. The minimum absolute atomic E-state index is 0.567. The van der Waals surface area contributed by atoms with Crippen LogP contribution in [0, 0.1) is 0 Å². The van der Waals surface area contributed by atoms with Crippen molar-refractivity contribution in [2.24, 2.45) is 5.11 Å². The third kappa shape index (κ3) is 3.10. The number of benzene rings is 2. The van der Waals surface area contributed by atoms with Gasteiger partial charge < -0.3 is 0 Å². The highest BCUT2D eigenvalue weighted by Crippen LogP contribution is 2.25. The standard InChI is InChI=1S/C20H18N6/c21-25-23-13-4-3-5-15-8-10-16(11-9-15)18-12-14-22-20-24-17-6-1-2-7-19(17)26(18)20/h1-2,6-12,14H,3-5,13H2. The summed E-state index contributed by atoms with van der Waals surface area (Å²) in [5.41, 5.74) is 13.8.